The van der Waals surface area contributed by atoms with Crippen LogP contribution in [0.2, 0.25) is 0 Å². The molecule has 1 N–H and O–H groups in total. The second kappa shape index (κ2) is 6.16. The van der Waals surface area contributed by atoms with E-state index in [9.17, 15) is 4.39 Å². The highest BCUT2D eigenvalue weighted by Gasteiger charge is 2.22. The molecule has 1 aromatic rings. The van der Waals surface area contributed by atoms with Crippen LogP contribution in [0.5, 0.6) is 5.75 Å². The van der Waals surface area contributed by atoms with Gasteiger partial charge >= 0.3 is 0 Å². The fourth-order valence-corrected chi connectivity index (χ4v) is 1.79. The minimum Gasteiger partial charge on any atom is -0.487 e. The van der Waals surface area contributed by atoms with E-state index in [1.807, 2.05) is 0 Å². The summed E-state index contributed by atoms with van der Waals surface area (Å²) in [4.78, 5) is 0. The molecule has 0 bridgehead atoms. The van der Waals surface area contributed by atoms with E-state index in [0.29, 0.717) is 24.0 Å². The van der Waals surface area contributed by atoms with Crippen LogP contribution in [0.1, 0.15) is 18.4 Å². The molecule has 1 aliphatic carbocycles. The third-order valence-electron chi connectivity index (χ3n) is 3.00. The number of aryl methyl sites for hydroxylation is 1. The van der Waals surface area contributed by atoms with Crippen molar-refractivity contribution in [3.8, 4) is 5.75 Å². The number of nitrogens with one attached hydrogen (secondary N) is 1. The third-order valence-corrected chi connectivity index (χ3v) is 3.00. The van der Waals surface area contributed by atoms with E-state index in [1.165, 1.54) is 18.9 Å². The van der Waals surface area contributed by atoms with Gasteiger partial charge in [-0.25, -0.2) is 4.39 Å². The maximum absolute atomic E-state index is 13.2. The van der Waals surface area contributed by atoms with Gasteiger partial charge < -0.3 is 14.8 Å². The van der Waals surface area contributed by atoms with Crippen LogP contribution in [0.4, 0.5) is 4.39 Å². The van der Waals surface area contributed by atoms with Crippen LogP contribution in [0.15, 0.2) is 18.2 Å². The molecule has 0 spiro atoms. The van der Waals surface area contributed by atoms with Gasteiger partial charge in [-0.05, 0) is 43.5 Å². The first-order valence-electron chi connectivity index (χ1n) is 6.34. The molecule has 1 unspecified atom stereocenters. The molecule has 0 amide bonds. The Morgan fingerprint density at radius 2 is 2.22 bits per heavy atom. The Balaban J connectivity index is 1.90. The highest BCUT2D eigenvalue weighted by molar-refractivity contribution is 5.29. The van der Waals surface area contributed by atoms with Crippen LogP contribution < -0.4 is 10.1 Å². The van der Waals surface area contributed by atoms with E-state index >= 15 is 0 Å². The maximum atomic E-state index is 13.2. The zero-order valence-electron chi connectivity index (χ0n) is 10.9. The Bertz CT molecular complexity index is 393. The van der Waals surface area contributed by atoms with Crippen molar-refractivity contribution in [2.45, 2.75) is 31.9 Å². The molecule has 100 valence electrons. The van der Waals surface area contributed by atoms with Crippen LogP contribution in [-0.2, 0) is 4.74 Å². The lowest BCUT2D eigenvalue weighted by molar-refractivity contribution is 0.0803. The van der Waals surface area contributed by atoms with Crippen molar-refractivity contribution in [2.24, 2.45) is 0 Å². The largest absolute Gasteiger partial charge is 0.487 e. The van der Waals surface area contributed by atoms with Gasteiger partial charge in [0.05, 0.1) is 6.61 Å². The average Bonchev–Trinajstić information content (AvgIpc) is 3.15. The van der Waals surface area contributed by atoms with E-state index in [4.69, 9.17) is 9.47 Å². The number of benzene rings is 1. The zero-order chi connectivity index (χ0) is 13.0. The molecular weight excluding hydrogens is 233 g/mol. The monoisotopic (exact) mass is 253 g/mol. The minimum atomic E-state index is -0.207. The number of methoxy groups -OCH3 is 1. The number of rotatable bonds is 7. The van der Waals surface area contributed by atoms with Crippen molar-refractivity contribution in [3.05, 3.63) is 29.6 Å². The SMILES string of the molecule is COCC(CNC1CC1)Oc1ccc(F)c(C)c1. The molecule has 1 aromatic carbocycles. The van der Waals surface area contributed by atoms with E-state index < -0.39 is 0 Å². The highest BCUT2D eigenvalue weighted by Crippen LogP contribution is 2.20. The van der Waals surface area contributed by atoms with Crippen molar-refractivity contribution in [1.82, 2.24) is 5.32 Å². The van der Waals surface area contributed by atoms with Crippen LogP contribution in [0, 0.1) is 12.7 Å². The molecule has 0 aliphatic heterocycles. The number of ether oxygens (including phenoxy) is 2. The van der Waals surface area contributed by atoms with Gasteiger partial charge in [-0.2, -0.15) is 0 Å². The lowest BCUT2D eigenvalue weighted by Gasteiger charge is -2.19. The van der Waals surface area contributed by atoms with E-state index in [1.54, 1.807) is 26.2 Å². The summed E-state index contributed by atoms with van der Waals surface area (Å²) < 4.78 is 24.1. The standard InChI is InChI=1S/C14H20FNO2/c1-10-7-12(5-6-14(10)15)18-13(9-17-2)8-16-11-3-4-11/h5-7,11,13,16H,3-4,8-9H2,1-2H3. The van der Waals surface area contributed by atoms with Gasteiger partial charge in [0, 0.05) is 19.7 Å². The van der Waals surface area contributed by atoms with Gasteiger partial charge in [0.2, 0.25) is 0 Å². The molecule has 0 aromatic heterocycles. The number of halogens is 1. The zero-order valence-corrected chi connectivity index (χ0v) is 10.9. The van der Waals surface area contributed by atoms with E-state index in [-0.39, 0.29) is 11.9 Å². The molecule has 3 nitrogen and oxygen atoms in total. The summed E-state index contributed by atoms with van der Waals surface area (Å²) in [5.74, 6) is 0.482. The van der Waals surface area contributed by atoms with Gasteiger partial charge in [-0.1, -0.05) is 0 Å². The van der Waals surface area contributed by atoms with Crippen molar-refractivity contribution >= 4 is 0 Å². The normalized spacial score (nSPS) is 16.6. The lowest BCUT2D eigenvalue weighted by Crippen LogP contribution is -2.35. The van der Waals surface area contributed by atoms with E-state index in [2.05, 4.69) is 5.32 Å². The Morgan fingerprint density at radius 3 is 2.83 bits per heavy atom. The van der Waals surface area contributed by atoms with Gasteiger partial charge in [0.25, 0.3) is 0 Å². The quantitative estimate of drug-likeness (QED) is 0.808. The summed E-state index contributed by atoms with van der Waals surface area (Å²) in [6.45, 7) is 3.01. The van der Waals surface area contributed by atoms with Crippen LogP contribution in [-0.4, -0.2) is 32.4 Å². The predicted octanol–water partition coefficient (Wildman–Crippen LogP) is 2.28. The molecule has 1 fully saturated rings. The molecule has 0 saturated heterocycles. The Morgan fingerprint density at radius 1 is 1.44 bits per heavy atom. The molecule has 2 rings (SSSR count). The summed E-state index contributed by atoms with van der Waals surface area (Å²) in [7, 11) is 1.66. The van der Waals surface area contributed by atoms with Crippen molar-refractivity contribution < 1.29 is 13.9 Å². The minimum absolute atomic E-state index is 0.0412. The predicted molar refractivity (Wildman–Crippen MR) is 68.5 cm³/mol. The van der Waals surface area contributed by atoms with Crippen molar-refractivity contribution in [3.63, 3.8) is 0 Å². The second-order valence-electron chi connectivity index (χ2n) is 4.79. The third kappa shape index (κ3) is 3.96. The molecule has 1 saturated carbocycles. The van der Waals surface area contributed by atoms with E-state index in [0.717, 1.165) is 6.54 Å². The lowest BCUT2D eigenvalue weighted by atomic mass is 10.2. The molecule has 4 heteroatoms. The van der Waals surface area contributed by atoms with Crippen LogP contribution >= 0.6 is 0 Å². The molecule has 1 atom stereocenters. The maximum Gasteiger partial charge on any atom is 0.134 e. The number of hydrogen-bond donors (Lipinski definition) is 1. The Kier molecular flexibility index (Phi) is 4.55. The van der Waals surface area contributed by atoms with Gasteiger partial charge in [0.1, 0.15) is 17.7 Å². The van der Waals surface area contributed by atoms with Gasteiger partial charge in [0.15, 0.2) is 0 Å². The first kappa shape index (κ1) is 13.3. The first-order chi connectivity index (χ1) is 8.69. The summed E-state index contributed by atoms with van der Waals surface area (Å²) in [6.07, 6.45) is 2.45. The topological polar surface area (TPSA) is 30.5 Å². The summed E-state index contributed by atoms with van der Waals surface area (Å²) in [5, 5.41) is 3.41. The second-order valence-corrected chi connectivity index (χ2v) is 4.79. The Hall–Kier alpha value is -1.13. The fraction of sp³-hybridized carbons (Fsp3) is 0.571. The van der Waals surface area contributed by atoms with Crippen LogP contribution in [0.25, 0.3) is 0 Å². The number of hydrogen-bond acceptors (Lipinski definition) is 3. The summed E-state index contributed by atoms with van der Waals surface area (Å²) in [6, 6.07) is 5.45. The fourth-order valence-electron chi connectivity index (χ4n) is 1.79. The van der Waals surface area contributed by atoms with Crippen LogP contribution in [0.3, 0.4) is 0 Å². The van der Waals surface area contributed by atoms with Gasteiger partial charge in [-0.15, -0.1) is 0 Å². The molecule has 0 heterocycles. The van der Waals surface area contributed by atoms with Crippen molar-refractivity contribution in [2.75, 3.05) is 20.3 Å². The smallest absolute Gasteiger partial charge is 0.134 e. The molecule has 0 radical (unpaired) electrons. The Labute approximate surface area is 107 Å². The summed E-state index contributed by atoms with van der Waals surface area (Å²) in [5.41, 5.74) is 0.596. The molecule has 18 heavy (non-hydrogen) atoms. The highest BCUT2D eigenvalue weighted by atomic mass is 19.1. The first-order valence-corrected chi connectivity index (χ1v) is 6.34. The average molecular weight is 253 g/mol. The molecule has 1 aliphatic rings. The van der Waals surface area contributed by atoms with Gasteiger partial charge in [-0.3, -0.25) is 0 Å². The molecular formula is C14H20FNO2. The van der Waals surface area contributed by atoms with Crippen molar-refractivity contribution in [1.29, 1.82) is 0 Å². The summed E-state index contributed by atoms with van der Waals surface area (Å²) >= 11 is 0.